The number of aromatic nitrogens is 1. The van der Waals surface area contributed by atoms with Crippen molar-refractivity contribution in [3.8, 4) is 5.75 Å². The minimum atomic E-state index is -1.03. The summed E-state index contributed by atoms with van der Waals surface area (Å²) < 4.78 is 6.02. The van der Waals surface area contributed by atoms with Crippen LogP contribution in [0.15, 0.2) is 78.0 Å². The zero-order chi connectivity index (χ0) is 27.3. The molecule has 2 aromatic carbocycles. The van der Waals surface area contributed by atoms with Crippen LogP contribution in [-0.4, -0.2) is 57.6 Å². The number of carbonyl (C=O) groups is 1. The Hall–Kier alpha value is -3.84. The number of carbonyl (C=O) groups excluding carboxylic acids is 1. The summed E-state index contributed by atoms with van der Waals surface area (Å²) in [5.74, 6) is 0.273. The zero-order valence-corrected chi connectivity index (χ0v) is 22.5. The Morgan fingerprint density at radius 2 is 1.66 bits per heavy atom. The van der Waals surface area contributed by atoms with Crippen LogP contribution in [0, 0.1) is 5.41 Å². The van der Waals surface area contributed by atoms with Gasteiger partial charge in [-0.15, -0.1) is 0 Å². The number of aliphatic imine (C=N–C) groups is 1. The van der Waals surface area contributed by atoms with Gasteiger partial charge < -0.3 is 20.2 Å². The van der Waals surface area contributed by atoms with Crippen LogP contribution >= 0.6 is 0 Å². The van der Waals surface area contributed by atoms with Gasteiger partial charge in [-0.3, -0.25) is 14.8 Å². The molecule has 1 aliphatic heterocycles. The summed E-state index contributed by atoms with van der Waals surface area (Å²) in [6, 6.07) is 19.5. The Kier molecular flexibility index (Phi) is 8.37. The number of amides is 1. The van der Waals surface area contributed by atoms with Gasteiger partial charge >= 0.3 is 0 Å². The van der Waals surface area contributed by atoms with Crippen molar-refractivity contribution < 1.29 is 14.6 Å². The second-order valence-electron chi connectivity index (χ2n) is 10.6. The summed E-state index contributed by atoms with van der Waals surface area (Å²) in [6.45, 7) is 9.22. The summed E-state index contributed by atoms with van der Waals surface area (Å²) in [6.07, 6.45) is 3.27. The Bertz CT molecular complexity index is 1280. The second kappa shape index (κ2) is 11.7. The highest BCUT2D eigenvalue weighted by Crippen LogP contribution is 2.28. The maximum Gasteiger partial charge on any atom is 0.269 e. The molecule has 0 spiro atoms. The summed E-state index contributed by atoms with van der Waals surface area (Å²) in [5, 5.41) is 19.4. The topological polar surface area (TPSA) is 98.9 Å². The van der Waals surface area contributed by atoms with E-state index in [0.717, 1.165) is 11.1 Å². The molecule has 1 unspecified atom stereocenters. The molecule has 198 valence electrons. The van der Waals surface area contributed by atoms with Crippen molar-refractivity contribution in [1.82, 2.24) is 9.88 Å². The van der Waals surface area contributed by atoms with E-state index < -0.39 is 11.5 Å². The van der Waals surface area contributed by atoms with Gasteiger partial charge in [0.1, 0.15) is 18.1 Å². The highest BCUT2D eigenvalue weighted by atomic mass is 16.5. The fraction of sp³-hybridized carbons (Fsp3) is 0.355. The molecule has 2 heterocycles. The molecular weight excluding hydrogens is 476 g/mol. The smallest absolute Gasteiger partial charge is 0.269 e. The first-order valence-corrected chi connectivity index (χ1v) is 13.0. The lowest BCUT2D eigenvalue weighted by Crippen LogP contribution is -2.50. The van der Waals surface area contributed by atoms with Gasteiger partial charge in [0.2, 0.25) is 0 Å². The second-order valence-corrected chi connectivity index (χ2v) is 10.6. The standard InChI is InChI=1S/C31H36N4O3/c1-21(2)23-7-5-22(6-8-23)19-38-26-11-9-24(10-12-26)27(28(32)25-13-15-33-16-14-25)29-30(36)35(18-17-34-29)20-31(3,4)37/h5-16,21,27,32,37H,17-20H2,1-4H3. The van der Waals surface area contributed by atoms with Crippen LogP contribution in [0.25, 0.3) is 0 Å². The molecule has 7 heteroatoms. The van der Waals surface area contributed by atoms with Gasteiger partial charge in [-0.25, -0.2) is 0 Å². The molecule has 1 aromatic heterocycles. The van der Waals surface area contributed by atoms with Crippen molar-refractivity contribution in [2.45, 2.75) is 51.7 Å². The normalized spacial score (nSPS) is 14.8. The predicted octanol–water partition coefficient (Wildman–Crippen LogP) is 4.99. The van der Waals surface area contributed by atoms with E-state index in [1.165, 1.54) is 5.56 Å². The SMILES string of the molecule is CC(C)c1ccc(COc2ccc(C(C(=N)c3ccncc3)C3=NCCN(CC(C)(C)O)C3=O)cc2)cc1. The van der Waals surface area contributed by atoms with Gasteiger partial charge in [-0.1, -0.05) is 50.2 Å². The van der Waals surface area contributed by atoms with E-state index in [2.05, 4.69) is 48.1 Å². The van der Waals surface area contributed by atoms with Crippen LogP contribution < -0.4 is 4.74 Å². The molecule has 0 fully saturated rings. The molecule has 1 aliphatic rings. The first-order valence-electron chi connectivity index (χ1n) is 13.0. The molecule has 4 rings (SSSR count). The maximum absolute atomic E-state index is 13.5. The van der Waals surface area contributed by atoms with Crippen molar-refractivity contribution in [3.63, 3.8) is 0 Å². The minimum absolute atomic E-state index is 0.199. The van der Waals surface area contributed by atoms with E-state index >= 15 is 0 Å². The van der Waals surface area contributed by atoms with Gasteiger partial charge in [-0.05, 0) is 66.3 Å². The molecule has 0 radical (unpaired) electrons. The highest BCUT2D eigenvalue weighted by Gasteiger charge is 2.35. The summed E-state index contributed by atoms with van der Waals surface area (Å²) >= 11 is 0. The Labute approximate surface area is 224 Å². The van der Waals surface area contributed by atoms with Gasteiger partial charge in [0.25, 0.3) is 5.91 Å². The van der Waals surface area contributed by atoms with Gasteiger partial charge in [0, 0.05) is 25.5 Å². The van der Waals surface area contributed by atoms with E-state index in [-0.39, 0.29) is 18.2 Å². The minimum Gasteiger partial charge on any atom is -0.489 e. The number of β-amino-alcohol motifs (C(OH)–C–C–N with tert-alkyl or cyclic N) is 1. The van der Waals surface area contributed by atoms with E-state index in [0.29, 0.717) is 42.6 Å². The van der Waals surface area contributed by atoms with Gasteiger partial charge in [-0.2, -0.15) is 0 Å². The number of hydrogen-bond donors (Lipinski definition) is 2. The lowest BCUT2D eigenvalue weighted by atomic mass is 9.85. The van der Waals surface area contributed by atoms with Crippen LogP contribution in [0.1, 0.15) is 61.8 Å². The fourth-order valence-electron chi connectivity index (χ4n) is 4.54. The van der Waals surface area contributed by atoms with Gasteiger partial charge in [0.15, 0.2) is 0 Å². The number of benzene rings is 2. The molecule has 0 saturated heterocycles. The summed E-state index contributed by atoms with van der Waals surface area (Å²) in [4.78, 5) is 23.8. The summed E-state index contributed by atoms with van der Waals surface area (Å²) in [5.41, 5.74) is 3.37. The Morgan fingerprint density at radius 1 is 1.03 bits per heavy atom. The van der Waals surface area contributed by atoms with Gasteiger partial charge in [0.05, 0.1) is 23.8 Å². The maximum atomic E-state index is 13.5. The number of aliphatic hydroxyl groups is 1. The first-order chi connectivity index (χ1) is 18.1. The van der Waals surface area contributed by atoms with Crippen LogP contribution in [0.2, 0.25) is 0 Å². The highest BCUT2D eigenvalue weighted by molar-refractivity contribution is 6.46. The van der Waals surface area contributed by atoms with Crippen LogP contribution in [-0.2, 0) is 11.4 Å². The third-order valence-electron chi connectivity index (χ3n) is 6.55. The van der Waals surface area contributed by atoms with E-state index in [1.807, 2.05) is 24.3 Å². The number of pyridine rings is 1. The van der Waals surface area contributed by atoms with Crippen LogP contribution in [0.3, 0.4) is 0 Å². The zero-order valence-electron chi connectivity index (χ0n) is 22.5. The monoisotopic (exact) mass is 512 g/mol. The molecule has 7 nitrogen and oxygen atoms in total. The number of rotatable bonds is 10. The third-order valence-corrected chi connectivity index (χ3v) is 6.55. The van der Waals surface area contributed by atoms with Crippen molar-refractivity contribution in [1.29, 1.82) is 5.41 Å². The van der Waals surface area contributed by atoms with E-state index in [4.69, 9.17) is 10.1 Å². The number of nitrogens with one attached hydrogen (secondary N) is 1. The van der Waals surface area contributed by atoms with E-state index in [1.54, 1.807) is 43.3 Å². The Balaban J connectivity index is 1.57. The molecule has 2 N–H and O–H groups in total. The molecule has 3 aromatic rings. The quantitative estimate of drug-likeness (QED) is 0.374. The molecule has 38 heavy (non-hydrogen) atoms. The third kappa shape index (κ3) is 6.72. The number of nitrogens with zero attached hydrogens (tertiary/aromatic N) is 3. The van der Waals surface area contributed by atoms with Crippen molar-refractivity contribution in [2.24, 2.45) is 4.99 Å². The Morgan fingerprint density at radius 3 is 2.26 bits per heavy atom. The van der Waals surface area contributed by atoms with Crippen molar-refractivity contribution in [3.05, 3.63) is 95.3 Å². The molecule has 0 aliphatic carbocycles. The molecule has 1 atom stereocenters. The van der Waals surface area contributed by atoms with Crippen LogP contribution in [0.5, 0.6) is 5.75 Å². The fourth-order valence-corrected chi connectivity index (χ4v) is 4.54. The largest absolute Gasteiger partial charge is 0.489 e. The van der Waals surface area contributed by atoms with Crippen LogP contribution in [0.4, 0.5) is 0 Å². The molecule has 0 saturated carbocycles. The number of hydrogen-bond acceptors (Lipinski definition) is 6. The first kappa shape index (κ1) is 27.2. The summed E-state index contributed by atoms with van der Waals surface area (Å²) in [7, 11) is 0. The average Bonchev–Trinajstić information content (AvgIpc) is 2.90. The van der Waals surface area contributed by atoms with E-state index in [9.17, 15) is 9.90 Å². The predicted molar refractivity (Wildman–Crippen MR) is 150 cm³/mol. The lowest BCUT2D eigenvalue weighted by Gasteiger charge is -2.33. The molecule has 0 bridgehead atoms. The molecule has 1 amide bonds. The van der Waals surface area contributed by atoms with Crippen molar-refractivity contribution >= 4 is 17.3 Å². The molecular formula is C31H36N4O3. The number of ether oxygens (including phenoxy) is 1. The van der Waals surface area contributed by atoms with Crippen molar-refractivity contribution in [2.75, 3.05) is 19.6 Å². The lowest BCUT2D eigenvalue weighted by molar-refractivity contribution is -0.127. The average molecular weight is 513 g/mol.